The number of imide groups is 1. The second-order valence-corrected chi connectivity index (χ2v) is 8.10. The van der Waals surface area contributed by atoms with E-state index in [1.165, 1.54) is 11.9 Å². The van der Waals surface area contributed by atoms with E-state index in [1.807, 2.05) is 0 Å². The Labute approximate surface area is 188 Å². The van der Waals surface area contributed by atoms with Gasteiger partial charge in [0.05, 0.1) is 24.1 Å². The van der Waals surface area contributed by atoms with Crippen molar-refractivity contribution in [2.45, 2.75) is 18.5 Å². The number of nitrogens with one attached hydrogen (secondary N) is 2. The van der Waals surface area contributed by atoms with Crippen LogP contribution >= 0.6 is 0 Å². The zero-order chi connectivity index (χ0) is 23.2. The third kappa shape index (κ3) is 3.39. The minimum atomic E-state index is -1.24. The fourth-order valence-corrected chi connectivity index (χ4v) is 4.29. The first kappa shape index (κ1) is 20.7. The average molecular weight is 447 g/mol. The van der Waals surface area contributed by atoms with Crippen LogP contribution in [0.4, 0.5) is 4.79 Å². The third-order valence-corrected chi connectivity index (χ3v) is 6.03. The number of nitrogens with zero attached hydrogens (tertiary/aromatic N) is 3. The Kier molecular flexibility index (Phi) is 4.85. The minimum absolute atomic E-state index is 0.0182. The van der Waals surface area contributed by atoms with Crippen LogP contribution in [0.15, 0.2) is 53.3 Å². The zero-order valence-corrected chi connectivity index (χ0v) is 17.8. The summed E-state index contributed by atoms with van der Waals surface area (Å²) in [5, 5.41) is 3.23. The number of aromatic amines is 1. The maximum Gasteiger partial charge on any atom is 0.325 e. The van der Waals surface area contributed by atoms with Crippen LogP contribution in [-0.2, 0) is 21.7 Å². The molecule has 2 aliphatic heterocycles. The lowest BCUT2D eigenvalue weighted by Crippen LogP contribution is -2.48. The molecule has 1 aromatic heterocycles. The summed E-state index contributed by atoms with van der Waals surface area (Å²) in [6.45, 7) is -0.139. The fraction of sp³-hybridized carbons (Fsp3) is 0.261. The normalized spacial score (nSPS) is 19.4. The quantitative estimate of drug-likeness (QED) is 0.578. The molecule has 10 heteroatoms. The maximum absolute atomic E-state index is 13.3. The molecule has 2 aromatic carbocycles. The summed E-state index contributed by atoms with van der Waals surface area (Å²) in [5.74, 6) is -0.107. The van der Waals surface area contributed by atoms with Crippen LogP contribution in [0.5, 0.6) is 5.75 Å². The molecular weight excluding hydrogens is 426 g/mol. The first-order valence-electron chi connectivity index (χ1n) is 10.5. The fourth-order valence-electron chi connectivity index (χ4n) is 4.29. The Morgan fingerprint density at radius 1 is 1.15 bits per heavy atom. The minimum Gasteiger partial charge on any atom is -0.493 e. The first-order valence-corrected chi connectivity index (χ1v) is 10.5. The number of benzene rings is 2. The van der Waals surface area contributed by atoms with Gasteiger partial charge in [-0.3, -0.25) is 19.3 Å². The monoisotopic (exact) mass is 447 g/mol. The van der Waals surface area contributed by atoms with E-state index in [0.29, 0.717) is 28.0 Å². The Morgan fingerprint density at radius 2 is 1.91 bits per heavy atom. The number of hydrogen-bond acceptors (Lipinski definition) is 6. The predicted molar refractivity (Wildman–Crippen MR) is 117 cm³/mol. The molecule has 168 valence electrons. The highest BCUT2D eigenvalue weighted by Gasteiger charge is 2.55. The molecule has 0 saturated carbocycles. The van der Waals surface area contributed by atoms with E-state index in [9.17, 15) is 19.2 Å². The van der Waals surface area contributed by atoms with Gasteiger partial charge in [0.25, 0.3) is 11.5 Å². The number of likely N-dealkylation sites (N-methyl/N-ethyl adjacent to an activating group) is 1. The molecule has 10 nitrogen and oxygen atoms in total. The SMILES string of the molecule is CN(Cc1nc2ccccc2c(=O)[nH]1)C(=O)CN1C(=O)N[C@]2(CCOc3ccccc32)C1=O. The average Bonchev–Trinajstić information content (AvgIpc) is 3.04. The Morgan fingerprint density at radius 3 is 2.76 bits per heavy atom. The van der Waals surface area contributed by atoms with Gasteiger partial charge >= 0.3 is 6.03 Å². The predicted octanol–water partition coefficient (Wildman–Crippen LogP) is 1.11. The standard InChI is InChI=1S/C23H21N5O5/c1-27(12-18-24-16-8-4-2-6-14(16)20(30)25-18)19(29)13-28-21(31)23(26-22(28)32)10-11-33-17-9-5-3-7-15(17)23/h2-9H,10-13H2,1H3,(H,26,32)(H,24,25,30)/t23-/m0/s1. The number of amides is 4. The third-order valence-electron chi connectivity index (χ3n) is 6.03. The molecule has 0 aliphatic carbocycles. The van der Waals surface area contributed by atoms with E-state index in [4.69, 9.17) is 4.74 Å². The van der Waals surface area contributed by atoms with Gasteiger partial charge in [-0.05, 0) is 18.2 Å². The van der Waals surface area contributed by atoms with Crippen LogP contribution in [0.2, 0.25) is 0 Å². The second-order valence-electron chi connectivity index (χ2n) is 8.10. The molecule has 1 fully saturated rings. The summed E-state index contributed by atoms with van der Waals surface area (Å²) in [6, 6.07) is 13.3. The summed E-state index contributed by atoms with van der Waals surface area (Å²) in [6.07, 6.45) is 0.275. The first-order chi connectivity index (χ1) is 15.9. The number of carbonyl (C=O) groups is 3. The van der Waals surface area contributed by atoms with Gasteiger partial charge in [-0.2, -0.15) is 0 Å². The number of ether oxygens (including phenoxy) is 1. The van der Waals surface area contributed by atoms with Gasteiger partial charge in [0.2, 0.25) is 5.91 Å². The molecule has 1 saturated heterocycles. The molecule has 2 N–H and O–H groups in total. The summed E-state index contributed by atoms with van der Waals surface area (Å²) in [5.41, 5.74) is -0.441. The number of para-hydroxylation sites is 2. The lowest BCUT2D eigenvalue weighted by atomic mass is 9.84. The molecule has 5 rings (SSSR count). The Hall–Kier alpha value is -4.21. The largest absolute Gasteiger partial charge is 0.493 e. The summed E-state index contributed by atoms with van der Waals surface area (Å²) >= 11 is 0. The highest BCUT2D eigenvalue weighted by molar-refractivity contribution is 6.09. The molecule has 0 unspecified atom stereocenters. The van der Waals surface area contributed by atoms with Crippen LogP contribution < -0.4 is 15.6 Å². The molecule has 2 aliphatic rings. The Bertz CT molecular complexity index is 1350. The van der Waals surface area contributed by atoms with Gasteiger partial charge in [-0.15, -0.1) is 0 Å². The highest BCUT2D eigenvalue weighted by atomic mass is 16.5. The molecular formula is C23H21N5O5. The van der Waals surface area contributed by atoms with Crippen molar-refractivity contribution in [2.75, 3.05) is 20.2 Å². The molecule has 1 atom stereocenters. The summed E-state index contributed by atoms with van der Waals surface area (Å²) < 4.78 is 5.62. The number of fused-ring (bicyclic) bond motifs is 3. The molecule has 3 heterocycles. The second kappa shape index (κ2) is 7.73. The van der Waals surface area contributed by atoms with Gasteiger partial charge in [0.1, 0.15) is 18.1 Å². The number of urea groups is 1. The van der Waals surface area contributed by atoms with Crippen molar-refractivity contribution in [3.63, 3.8) is 0 Å². The van der Waals surface area contributed by atoms with Gasteiger partial charge in [-0.1, -0.05) is 30.3 Å². The van der Waals surface area contributed by atoms with Crippen LogP contribution in [0.25, 0.3) is 10.9 Å². The van der Waals surface area contributed by atoms with Gasteiger partial charge in [0.15, 0.2) is 5.54 Å². The van der Waals surface area contributed by atoms with Crippen LogP contribution in [-0.4, -0.2) is 57.8 Å². The number of rotatable bonds is 4. The van der Waals surface area contributed by atoms with Crippen LogP contribution in [0.3, 0.4) is 0 Å². The number of carbonyl (C=O) groups excluding carboxylic acids is 3. The van der Waals surface area contributed by atoms with E-state index >= 15 is 0 Å². The van der Waals surface area contributed by atoms with Crippen LogP contribution in [0, 0.1) is 0 Å². The number of aromatic nitrogens is 2. The van der Waals surface area contributed by atoms with E-state index in [0.717, 1.165) is 4.90 Å². The molecule has 33 heavy (non-hydrogen) atoms. The molecule has 0 bridgehead atoms. The molecule has 1 spiro atoms. The van der Waals surface area contributed by atoms with Gasteiger partial charge in [-0.25, -0.2) is 9.78 Å². The molecule has 0 radical (unpaired) electrons. The topological polar surface area (TPSA) is 125 Å². The highest BCUT2D eigenvalue weighted by Crippen LogP contribution is 2.40. The van der Waals surface area contributed by atoms with Crippen molar-refractivity contribution in [3.8, 4) is 5.75 Å². The van der Waals surface area contributed by atoms with E-state index in [2.05, 4.69) is 15.3 Å². The van der Waals surface area contributed by atoms with E-state index in [1.54, 1.807) is 48.5 Å². The molecule has 4 amide bonds. The van der Waals surface area contributed by atoms with Crippen molar-refractivity contribution < 1.29 is 19.1 Å². The summed E-state index contributed by atoms with van der Waals surface area (Å²) in [7, 11) is 1.52. The number of hydrogen-bond donors (Lipinski definition) is 2. The lowest BCUT2D eigenvalue weighted by Gasteiger charge is -2.33. The maximum atomic E-state index is 13.3. The zero-order valence-electron chi connectivity index (χ0n) is 17.8. The van der Waals surface area contributed by atoms with Crippen molar-refractivity contribution in [2.24, 2.45) is 0 Å². The summed E-state index contributed by atoms with van der Waals surface area (Å²) in [4.78, 5) is 60.5. The smallest absolute Gasteiger partial charge is 0.325 e. The number of H-pyrrole nitrogens is 1. The van der Waals surface area contributed by atoms with Crippen molar-refractivity contribution in [3.05, 3.63) is 70.3 Å². The van der Waals surface area contributed by atoms with Crippen molar-refractivity contribution in [1.29, 1.82) is 0 Å². The van der Waals surface area contributed by atoms with Gasteiger partial charge < -0.3 is 19.9 Å². The van der Waals surface area contributed by atoms with Crippen molar-refractivity contribution >= 4 is 28.7 Å². The van der Waals surface area contributed by atoms with Crippen molar-refractivity contribution in [1.82, 2.24) is 25.1 Å². The van der Waals surface area contributed by atoms with Crippen LogP contribution in [0.1, 0.15) is 17.8 Å². The molecule has 3 aromatic rings. The van der Waals surface area contributed by atoms with E-state index < -0.39 is 29.9 Å². The van der Waals surface area contributed by atoms with Gasteiger partial charge in [0, 0.05) is 19.0 Å². The lowest BCUT2D eigenvalue weighted by molar-refractivity contribution is -0.139. The Balaban J connectivity index is 1.34. The van der Waals surface area contributed by atoms with E-state index in [-0.39, 0.29) is 25.1 Å².